The van der Waals surface area contributed by atoms with Crippen LogP contribution in [0.4, 0.5) is 16.4 Å². The number of hydrogen-bond acceptors (Lipinski definition) is 16. The van der Waals surface area contributed by atoms with Gasteiger partial charge in [-0.05, 0) is 6.07 Å². The molecule has 4 N–H and O–H groups in total. The largest absolute Gasteiger partial charge is 0.756 e. The molecular weight excluding hydrogens is 674 g/mol. The van der Waals surface area contributed by atoms with Crippen LogP contribution in [0.2, 0.25) is 0 Å². The van der Waals surface area contributed by atoms with E-state index in [1.165, 1.54) is 53.9 Å². The van der Waals surface area contributed by atoms with E-state index in [4.69, 9.17) is 29.6 Å². The quantitative estimate of drug-likeness (QED) is 0.0790. The summed E-state index contributed by atoms with van der Waals surface area (Å²) in [6, 6.07) is 5.59. The van der Waals surface area contributed by atoms with Gasteiger partial charge in [0.25, 0.3) is 32.8 Å². The molecule has 47 heavy (non-hydrogen) atoms. The summed E-state index contributed by atoms with van der Waals surface area (Å²) in [6.07, 6.45) is -7.05. The highest BCUT2D eigenvalue weighted by atomic mass is 31.3. The normalized spacial score (nSPS) is 23.1. The van der Waals surface area contributed by atoms with Gasteiger partial charge in [-0.1, -0.05) is 37.9 Å². The van der Waals surface area contributed by atoms with Crippen LogP contribution in [0.1, 0.15) is 38.7 Å². The molecule has 258 valence electrons. The highest BCUT2D eigenvalue weighted by molar-refractivity contribution is 7.59. The fraction of sp³-hybridized carbons (Fsp3) is 0.500. The summed E-state index contributed by atoms with van der Waals surface area (Å²) in [5, 5.41) is 11.7. The van der Waals surface area contributed by atoms with Gasteiger partial charge >= 0.3 is 11.8 Å². The van der Waals surface area contributed by atoms with Crippen molar-refractivity contribution in [2.24, 2.45) is 12.5 Å². The molecule has 0 amide bonds. The molecule has 1 aliphatic heterocycles. The molecule has 3 aromatic rings. The van der Waals surface area contributed by atoms with Crippen molar-refractivity contribution >= 4 is 44.6 Å². The molecule has 0 bridgehead atoms. The Kier molecular flexibility index (Phi) is 10.3. The van der Waals surface area contributed by atoms with Crippen LogP contribution in [-0.4, -0.2) is 62.5 Å². The molecule has 0 saturated carbocycles. The number of carbonyl (C=O) groups excluding carboxylic acids is 1. The second kappa shape index (κ2) is 13.4. The molecule has 1 aliphatic rings. The smallest absolute Gasteiger partial charge is 0.509 e. The number of benzene rings is 1. The van der Waals surface area contributed by atoms with Gasteiger partial charge in [-0.15, -0.1) is 0 Å². The summed E-state index contributed by atoms with van der Waals surface area (Å²) in [4.78, 5) is 75.4. The molecule has 21 nitrogen and oxygen atoms in total. The van der Waals surface area contributed by atoms with Gasteiger partial charge in [-0.25, -0.2) is 13.7 Å². The maximum absolute atomic E-state index is 13.4. The van der Waals surface area contributed by atoms with Crippen LogP contribution in [0.3, 0.4) is 0 Å². The van der Waals surface area contributed by atoms with E-state index in [1.807, 2.05) is 0 Å². The van der Waals surface area contributed by atoms with Crippen molar-refractivity contribution in [3.8, 4) is 0 Å². The lowest BCUT2D eigenvalue weighted by molar-refractivity contribution is -0.746. The van der Waals surface area contributed by atoms with Gasteiger partial charge in [0, 0.05) is 18.6 Å². The van der Waals surface area contributed by atoms with Crippen LogP contribution in [-0.2, 0) is 44.0 Å². The minimum absolute atomic E-state index is 0.0155. The second-order valence-corrected chi connectivity index (χ2v) is 14.1. The van der Waals surface area contributed by atoms with E-state index in [0.717, 1.165) is 0 Å². The molecule has 4 unspecified atom stereocenters. The number of nitrogens with one attached hydrogen (secondary N) is 1. The number of fused-ring (bicyclic) bond motifs is 1. The van der Waals surface area contributed by atoms with Crippen molar-refractivity contribution in [2.45, 2.75) is 51.4 Å². The second-order valence-electron chi connectivity index (χ2n) is 11.3. The minimum atomic E-state index is -5.80. The molecule has 23 heteroatoms. The van der Waals surface area contributed by atoms with Crippen molar-refractivity contribution in [3.63, 3.8) is 0 Å². The molecule has 3 heterocycles. The summed E-state index contributed by atoms with van der Waals surface area (Å²) in [5.74, 6) is -0.260. The first kappa shape index (κ1) is 36.1. The number of phosphoric acid groups is 2. The summed E-state index contributed by atoms with van der Waals surface area (Å²) < 4.78 is 56.7. The standard InChI is InChI=1S/C24H32N6O15P2/c1-24(2,3)18(12-8-6-7-9-13(12)30(33)34)44-23(32)43-16-14(10-41-47(38,39)45-46(35,36)37)42-21(17(16)40-5)29-11-28(4)15-19(29)26-22(25)27-20(15)31/h6-9,11,14,16-18,21H,10H2,1-5H3,(H5-,25,26,27,31,35,36,37,38,39)/p-1/t14-,16+,17?,18?,21-/m1/s1. The maximum Gasteiger partial charge on any atom is 0.509 e. The number of hydrogen-bond donors (Lipinski definition) is 3. The predicted molar refractivity (Wildman–Crippen MR) is 152 cm³/mol. The first-order chi connectivity index (χ1) is 21.7. The number of nitrogens with zero attached hydrogens (tertiary/aromatic N) is 4. The molecular formula is C24H31N6O15P2-. The molecule has 1 aromatic carbocycles. The van der Waals surface area contributed by atoms with Gasteiger partial charge in [0.15, 0.2) is 18.5 Å². The highest BCUT2D eigenvalue weighted by Gasteiger charge is 2.52. The monoisotopic (exact) mass is 705 g/mol. The van der Waals surface area contributed by atoms with Crippen LogP contribution in [0.25, 0.3) is 11.2 Å². The van der Waals surface area contributed by atoms with Crippen molar-refractivity contribution in [1.29, 1.82) is 0 Å². The average molecular weight is 705 g/mol. The van der Waals surface area contributed by atoms with E-state index in [9.17, 15) is 38.6 Å². The van der Waals surface area contributed by atoms with E-state index in [-0.39, 0.29) is 28.4 Å². The molecule has 7 atom stereocenters. The first-order valence-corrected chi connectivity index (χ1v) is 16.4. The van der Waals surface area contributed by atoms with Gasteiger partial charge < -0.3 is 43.9 Å². The number of H-pyrrole nitrogens is 1. The van der Waals surface area contributed by atoms with Crippen LogP contribution in [0.15, 0.2) is 35.4 Å². The Labute approximate surface area is 265 Å². The summed E-state index contributed by atoms with van der Waals surface area (Å²) >= 11 is 0. The number of aromatic nitrogens is 4. The summed E-state index contributed by atoms with van der Waals surface area (Å²) in [7, 11) is -8.81. The lowest BCUT2D eigenvalue weighted by Crippen LogP contribution is -2.48. The number of methoxy groups -OCH3 is 1. The fourth-order valence-corrected chi connectivity index (χ4v) is 6.58. The first-order valence-electron chi connectivity index (χ1n) is 13.5. The highest BCUT2D eigenvalue weighted by Crippen LogP contribution is 2.53. The SMILES string of the molecule is COC1[C@@H](OC(=O)OC(c2ccccc2[N+](=O)[O-])C(C)(C)C)[C@@H](COP(=O)([O-])OP(=O)([O-])O)O[C@H]1[n+]1cn(C)c2c(=O)[nH]c(N)nc21. The van der Waals surface area contributed by atoms with Gasteiger partial charge in [0.2, 0.25) is 11.7 Å². The molecule has 1 saturated heterocycles. The third kappa shape index (κ3) is 8.21. The number of anilines is 1. The van der Waals surface area contributed by atoms with E-state index in [2.05, 4.69) is 18.8 Å². The zero-order valence-corrected chi connectivity index (χ0v) is 27.2. The Morgan fingerprint density at radius 3 is 2.53 bits per heavy atom. The minimum Gasteiger partial charge on any atom is -0.756 e. The van der Waals surface area contributed by atoms with Gasteiger partial charge in [0.1, 0.15) is 12.2 Å². The Hall–Kier alpha value is -3.78. The van der Waals surface area contributed by atoms with Crippen LogP contribution in [0.5, 0.6) is 0 Å². The van der Waals surface area contributed by atoms with Gasteiger partial charge in [0.05, 0.1) is 24.1 Å². The van der Waals surface area contributed by atoms with E-state index in [1.54, 1.807) is 20.8 Å². The molecule has 0 aliphatic carbocycles. The third-order valence-corrected chi connectivity index (χ3v) is 8.96. The number of aromatic amines is 1. The number of imidazole rings is 1. The van der Waals surface area contributed by atoms with Crippen molar-refractivity contribution in [2.75, 3.05) is 19.5 Å². The summed E-state index contributed by atoms with van der Waals surface area (Å²) in [5.41, 5.74) is 3.96. The number of nitrogens with two attached hydrogens (primary N) is 1. The zero-order valence-electron chi connectivity index (χ0n) is 25.4. The lowest BCUT2D eigenvalue weighted by Gasteiger charge is -2.31. The van der Waals surface area contributed by atoms with E-state index < -0.39 is 74.9 Å². The van der Waals surface area contributed by atoms with Crippen LogP contribution < -0.4 is 25.6 Å². The summed E-state index contributed by atoms with van der Waals surface area (Å²) in [6.45, 7) is 3.92. The molecule has 2 aromatic heterocycles. The fourth-order valence-electron chi connectivity index (χ4n) is 5.05. The number of carbonyl (C=O) groups is 1. The Morgan fingerprint density at radius 2 is 1.94 bits per heavy atom. The van der Waals surface area contributed by atoms with E-state index in [0.29, 0.717) is 0 Å². The average Bonchev–Trinajstić information content (AvgIpc) is 3.44. The molecule has 4 rings (SSSR count). The zero-order chi connectivity index (χ0) is 35.1. The van der Waals surface area contributed by atoms with Crippen molar-refractivity contribution in [1.82, 2.24) is 14.5 Å². The Morgan fingerprint density at radius 1 is 1.28 bits per heavy atom. The number of nitro benzene ring substituents is 1. The van der Waals surface area contributed by atoms with E-state index >= 15 is 0 Å². The third-order valence-electron chi connectivity index (χ3n) is 6.87. The van der Waals surface area contributed by atoms with Gasteiger partial charge in [-0.3, -0.25) is 33.6 Å². The number of para-hydroxylation sites is 1. The lowest BCUT2D eigenvalue weighted by atomic mass is 9.84. The molecule has 0 spiro atoms. The molecule has 0 radical (unpaired) electrons. The number of phosphoric ester groups is 1. The Balaban J connectivity index is 1.71. The van der Waals surface area contributed by atoms with Gasteiger partial charge in [-0.2, -0.15) is 0 Å². The van der Waals surface area contributed by atoms with Crippen LogP contribution >= 0.6 is 15.6 Å². The maximum atomic E-state index is 13.4. The topological polar surface area (TPSA) is 297 Å². The van der Waals surface area contributed by atoms with Crippen LogP contribution in [0, 0.1) is 15.5 Å². The number of nitro groups is 1. The number of nitrogen functional groups attached to an aromatic ring is 1. The Bertz CT molecular complexity index is 1820. The van der Waals surface area contributed by atoms with Crippen molar-refractivity contribution < 1.29 is 65.9 Å². The number of aryl methyl sites for hydroxylation is 1. The number of rotatable bonds is 11. The molecule has 1 fully saturated rings. The number of ether oxygens (including phenoxy) is 4. The predicted octanol–water partition coefficient (Wildman–Crippen LogP) is 0.223. The van der Waals surface area contributed by atoms with Crippen molar-refractivity contribution in [3.05, 3.63) is 56.6 Å².